The van der Waals surface area contributed by atoms with E-state index in [1.807, 2.05) is 12.5 Å². The number of hydrogen-bond acceptors (Lipinski definition) is 6. The molecule has 0 radical (unpaired) electrons. The van der Waals surface area contributed by atoms with Crippen LogP contribution < -0.4 is 5.32 Å². The minimum absolute atomic E-state index is 0.268. The van der Waals surface area contributed by atoms with Crippen LogP contribution in [0.2, 0.25) is 0 Å². The van der Waals surface area contributed by atoms with Crippen molar-refractivity contribution < 1.29 is 29.0 Å². The van der Waals surface area contributed by atoms with Crippen LogP contribution in [0.15, 0.2) is 12.5 Å². The zero-order chi connectivity index (χ0) is 23.7. The third-order valence-electron chi connectivity index (χ3n) is 5.86. The van der Waals surface area contributed by atoms with Crippen molar-refractivity contribution in [2.75, 3.05) is 13.3 Å². The maximum Gasteiger partial charge on any atom is 0.410 e. The molecule has 2 rings (SSSR count). The van der Waals surface area contributed by atoms with Gasteiger partial charge in [0.15, 0.2) is 0 Å². The smallest absolute Gasteiger partial charge is 0.410 e. The molecule has 1 atom stereocenters. The molecule has 1 aliphatic carbocycles. The van der Waals surface area contributed by atoms with Gasteiger partial charge >= 0.3 is 18.0 Å². The van der Waals surface area contributed by atoms with Gasteiger partial charge in [0.1, 0.15) is 0 Å². The molecule has 0 saturated heterocycles. The number of aromatic nitrogens is 2. The van der Waals surface area contributed by atoms with E-state index in [-0.39, 0.29) is 6.54 Å². The molecular weight excluding hydrogens is 414 g/mol. The highest BCUT2D eigenvalue weighted by Crippen LogP contribution is 2.32. The number of esters is 1. The van der Waals surface area contributed by atoms with Crippen molar-refractivity contribution in [1.29, 1.82) is 0 Å². The first kappa shape index (κ1) is 25.7. The summed E-state index contributed by atoms with van der Waals surface area (Å²) in [7, 11) is 0. The first-order valence-electron chi connectivity index (χ1n) is 11.4. The number of hydrogen-bond donors (Lipinski definition) is 2. The molecule has 32 heavy (non-hydrogen) atoms. The monoisotopic (exact) mass is 451 g/mol. The van der Waals surface area contributed by atoms with Crippen molar-refractivity contribution in [3.05, 3.63) is 18.2 Å². The number of imidazole rings is 1. The molecule has 2 N–H and O–H groups in total. The molecule has 1 aromatic rings. The standard InChI is InChI=1S/C23H37N3O6/c1-16-7-9-19(10-8-16)26-13-18(25-14-26)12-17(20(27)28)6-5-11-24-22(30)32-15-31-21(29)23(2,3)4/h13-14,16-17,19H,5-12,15H2,1-4H3,(H,24,30)(H,27,28)/t16-,17-,19-/m0/s1. The summed E-state index contributed by atoms with van der Waals surface area (Å²) in [6, 6.07) is 0.452. The van der Waals surface area contributed by atoms with Gasteiger partial charge in [0.25, 0.3) is 0 Å². The molecule has 1 saturated carbocycles. The van der Waals surface area contributed by atoms with E-state index in [0.29, 0.717) is 25.3 Å². The topological polar surface area (TPSA) is 120 Å². The summed E-state index contributed by atoms with van der Waals surface area (Å²) in [5.41, 5.74) is 0.111. The number of carbonyl (C=O) groups excluding carboxylic acids is 2. The van der Waals surface area contributed by atoms with E-state index < -0.39 is 36.2 Å². The summed E-state index contributed by atoms with van der Waals surface area (Å²) in [4.78, 5) is 39.4. The summed E-state index contributed by atoms with van der Waals surface area (Å²) in [6.07, 6.45) is 9.03. The normalized spacial score (nSPS) is 19.8. The van der Waals surface area contributed by atoms with Gasteiger partial charge in [-0.25, -0.2) is 9.78 Å². The first-order valence-corrected chi connectivity index (χ1v) is 11.4. The number of nitrogens with one attached hydrogen (secondary N) is 1. The van der Waals surface area contributed by atoms with E-state index >= 15 is 0 Å². The predicted molar refractivity (Wildman–Crippen MR) is 118 cm³/mol. The lowest BCUT2D eigenvalue weighted by molar-refractivity contribution is -0.161. The largest absolute Gasteiger partial charge is 0.481 e. The number of nitrogens with zero attached hydrogens (tertiary/aromatic N) is 2. The molecule has 1 amide bonds. The number of alkyl carbamates (subject to hydrolysis) is 1. The molecule has 9 heteroatoms. The van der Waals surface area contributed by atoms with Crippen molar-refractivity contribution in [3.63, 3.8) is 0 Å². The Balaban J connectivity index is 1.69. The first-order chi connectivity index (χ1) is 15.1. The van der Waals surface area contributed by atoms with Gasteiger partial charge in [0, 0.05) is 25.2 Å². The molecule has 0 bridgehead atoms. The van der Waals surface area contributed by atoms with Gasteiger partial charge in [-0.05, 0) is 65.2 Å². The van der Waals surface area contributed by atoms with Crippen LogP contribution in [0, 0.1) is 17.3 Å². The average Bonchev–Trinajstić information content (AvgIpc) is 3.18. The molecule has 1 aromatic heterocycles. The van der Waals surface area contributed by atoms with Gasteiger partial charge in [-0.1, -0.05) is 6.92 Å². The van der Waals surface area contributed by atoms with Crippen molar-refractivity contribution >= 4 is 18.0 Å². The Morgan fingerprint density at radius 3 is 2.53 bits per heavy atom. The SMILES string of the molecule is CC(C)(C)C(=O)OCOC(=O)NCCC[C@@H](Cc1cn([C@H]2CC[C@H](C)CC2)cn1)C(=O)O. The lowest BCUT2D eigenvalue weighted by atomic mass is 9.87. The van der Waals surface area contributed by atoms with Crippen LogP contribution in [-0.2, 0) is 25.5 Å². The van der Waals surface area contributed by atoms with Gasteiger partial charge in [0.05, 0.1) is 23.4 Å². The van der Waals surface area contributed by atoms with E-state index in [1.165, 1.54) is 12.8 Å². The Morgan fingerprint density at radius 2 is 1.91 bits per heavy atom. The van der Waals surface area contributed by atoms with Crippen LogP contribution in [-0.4, -0.2) is 46.0 Å². The minimum Gasteiger partial charge on any atom is -0.481 e. The number of carboxylic acids is 1. The van der Waals surface area contributed by atoms with E-state index in [1.54, 1.807) is 20.8 Å². The van der Waals surface area contributed by atoms with E-state index in [4.69, 9.17) is 9.47 Å². The number of amides is 1. The fourth-order valence-corrected chi connectivity index (χ4v) is 3.73. The Bertz CT molecular complexity index is 762. The Labute approximate surface area is 189 Å². The highest BCUT2D eigenvalue weighted by molar-refractivity contribution is 5.75. The lowest BCUT2D eigenvalue weighted by Crippen LogP contribution is -2.29. The van der Waals surface area contributed by atoms with Crippen molar-refractivity contribution in [3.8, 4) is 0 Å². The summed E-state index contributed by atoms with van der Waals surface area (Å²) in [5, 5.41) is 12.1. The maximum atomic E-state index is 11.7. The number of carboxylic acid groups (broad SMARTS) is 1. The number of ether oxygens (including phenoxy) is 2. The van der Waals surface area contributed by atoms with Crippen LogP contribution >= 0.6 is 0 Å². The van der Waals surface area contributed by atoms with Crippen LogP contribution in [0.1, 0.15) is 78.0 Å². The summed E-state index contributed by atoms with van der Waals surface area (Å²) in [5.74, 6) is -1.14. The molecular formula is C23H37N3O6. The summed E-state index contributed by atoms with van der Waals surface area (Å²) in [6.45, 7) is 7.20. The minimum atomic E-state index is -0.872. The second-order valence-corrected chi connectivity index (χ2v) is 9.77. The van der Waals surface area contributed by atoms with Gasteiger partial charge in [-0.15, -0.1) is 0 Å². The average molecular weight is 452 g/mol. The van der Waals surface area contributed by atoms with Gasteiger partial charge in [-0.3, -0.25) is 9.59 Å². The molecule has 0 spiro atoms. The second kappa shape index (κ2) is 11.9. The predicted octanol–water partition coefficient (Wildman–Crippen LogP) is 3.93. The highest BCUT2D eigenvalue weighted by Gasteiger charge is 2.24. The molecule has 9 nitrogen and oxygen atoms in total. The third kappa shape index (κ3) is 8.51. The van der Waals surface area contributed by atoms with Crippen molar-refractivity contribution in [2.24, 2.45) is 17.3 Å². The highest BCUT2D eigenvalue weighted by atomic mass is 16.7. The van der Waals surface area contributed by atoms with Gasteiger partial charge in [0.2, 0.25) is 6.79 Å². The fraction of sp³-hybridized carbons (Fsp3) is 0.739. The summed E-state index contributed by atoms with van der Waals surface area (Å²) >= 11 is 0. The molecule has 0 aliphatic heterocycles. The Morgan fingerprint density at radius 1 is 1.22 bits per heavy atom. The quantitative estimate of drug-likeness (QED) is 0.314. The van der Waals surface area contributed by atoms with Gasteiger partial charge in [-0.2, -0.15) is 0 Å². The van der Waals surface area contributed by atoms with Crippen molar-refractivity contribution in [1.82, 2.24) is 14.9 Å². The Kier molecular flexibility index (Phi) is 9.53. The van der Waals surface area contributed by atoms with E-state index in [2.05, 4.69) is 21.8 Å². The third-order valence-corrected chi connectivity index (χ3v) is 5.86. The maximum absolute atomic E-state index is 11.7. The van der Waals surface area contributed by atoms with E-state index in [0.717, 1.165) is 24.5 Å². The number of carbonyl (C=O) groups is 3. The van der Waals surface area contributed by atoms with Crippen LogP contribution in [0.3, 0.4) is 0 Å². The lowest BCUT2D eigenvalue weighted by Gasteiger charge is -2.26. The van der Waals surface area contributed by atoms with Crippen LogP contribution in [0.5, 0.6) is 0 Å². The fourth-order valence-electron chi connectivity index (χ4n) is 3.73. The number of aliphatic carboxylic acids is 1. The van der Waals surface area contributed by atoms with Crippen LogP contribution in [0.4, 0.5) is 4.79 Å². The molecule has 0 aromatic carbocycles. The van der Waals surface area contributed by atoms with E-state index in [9.17, 15) is 19.5 Å². The zero-order valence-corrected chi connectivity index (χ0v) is 19.6. The summed E-state index contributed by atoms with van der Waals surface area (Å²) < 4.78 is 11.8. The molecule has 1 aliphatic rings. The number of rotatable bonds is 10. The molecule has 1 heterocycles. The second-order valence-electron chi connectivity index (χ2n) is 9.77. The molecule has 0 unspecified atom stereocenters. The van der Waals surface area contributed by atoms with Crippen molar-refractivity contribution in [2.45, 2.75) is 78.7 Å². The Hall–Kier alpha value is -2.58. The molecule has 1 fully saturated rings. The zero-order valence-electron chi connectivity index (χ0n) is 19.6. The molecule has 180 valence electrons. The van der Waals surface area contributed by atoms with Gasteiger partial charge < -0.3 is 24.5 Å². The van der Waals surface area contributed by atoms with Crippen LogP contribution in [0.25, 0.3) is 0 Å².